The molecule has 1 aliphatic carbocycles. The van der Waals surface area contributed by atoms with Crippen molar-refractivity contribution in [2.24, 2.45) is 5.92 Å². The molecule has 5 heteroatoms. The van der Waals surface area contributed by atoms with Crippen LogP contribution < -0.4 is 5.32 Å². The number of halogens is 1. The first-order valence-electron chi connectivity index (χ1n) is 10.1. The van der Waals surface area contributed by atoms with E-state index in [1.54, 1.807) is 24.3 Å². The third-order valence-electron chi connectivity index (χ3n) is 6.29. The van der Waals surface area contributed by atoms with E-state index in [0.717, 1.165) is 18.4 Å². The van der Waals surface area contributed by atoms with Crippen molar-refractivity contribution in [3.05, 3.63) is 71.4 Å². The number of para-hydroxylation sites is 1. The summed E-state index contributed by atoms with van der Waals surface area (Å²) in [6.07, 6.45) is 4.76. The maximum Gasteiger partial charge on any atom is 0.230 e. The molecule has 0 bridgehead atoms. The zero-order valence-electron chi connectivity index (χ0n) is 16.4. The van der Waals surface area contributed by atoms with E-state index < -0.39 is 11.5 Å². The van der Waals surface area contributed by atoms with E-state index in [2.05, 4.69) is 22.4 Å². The van der Waals surface area contributed by atoms with Gasteiger partial charge in [-0.25, -0.2) is 0 Å². The highest BCUT2D eigenvalue weighted by Crippen LogP contribution is 2.43. The minimum absolute atomic E-state index is 0.164. The lowest BCUT2D eigenvalue weighted by atomic mass is 9.70. The van der Waals surface area contributed by atoms with Crippen molar-refractivity contribution in [3.8, 4) is 0 Å². The second kappa shape index (κ2) is 8.13. The van der Waals surface area contributed by atoms with Gasteiger partial charge >= 0.3 is 0 Å². The molecule has 1 amide bonds. The smallest absolute Gasteiger partial charge is 0.230 e. The van der Waals surface area contributed by atoms with Crippen LogP contribution in [-0.4, -0.2) is 21.6 Å². The third kappa shape index (κ3) is 4.14. The number of pyridine rings is 1. The molecule has 0 saturated heterocycles. The Morgan fingerprint density at radius 2 is 1.83 bits per heavy atom. The molecule has 2 N–H and O–H groups in total. The number of carbonyl (C=O) groups is 1. The Morgan fingerprint density at radius 3 is 2.55 bits per heavy atom. The van der Waals surface area contributed by atoms with Gasteiger partial charge in [-0.15, -0.1) is 0 Å². The first-order valence-corrected chi connectivity index (χ1v) is 10.5. The number of rotatable bonds is 4. The summed E-state index contributed by atoms with van der Waals surface area (Å²) in [5.74, 6) is -0.286. The summed E-state index contributed by atoms with van der Waals surface area (Å²) in [4.78, 5) is 17.2. The van der Waals surface area contributed by atoms with E-state index in [9.17, 15) is 9.90 Å². The maximum atomic E-state index is 12.7. The summed E-state index contributed by atoms with van der Waals surface area (Å²) >= 11 is 5.90. The van der Waals surface area contributed by atoms with Gasteiger partial charge in [0.1, 0.15) is 0 Å². The predicted molar refractivity (Wildman–Crippen MR) is 117 cm³/mol. The highest BCUT2D eigenvalue weighted by atomic mass is 35.5. The Kier molecular flexibility index (Phi) is 5.57. The Labute approximate surface area is 175 Å². The fraction of sp³-hybridized carbons (Fsp3) is 0.333. The molecule has 29 heavy (non-hydrogen) atoms. The Balaban J connectivity index is 1.44. The Bertz CT molecular complexity index is 1010. The van der Waals surface area contributed by atoms with Crippen molar-refractivity contribution >= 4 is 34.1 Å². The number of nitrogens with one attached hydrogen (secondary N) is 1. The SMILES string of the molecule is C[C@@H](C(=O)Nc1ccc(Cl)cc1)C1(O)CCC(c2ccnc3ccccc23)CC1. The van der Waals surface area contributed by atoms with Crippen LogP contribution in [0.4, 0.5) is 5.69 Å². The van der Waals surface area contributed by atoms with Crippen LogP contribution in [0.15, 0.2) is 60.8 Å². The molecule has 150 valence electrons. The van der Waals surface area contributed by atoms with E-state index in [4.69, 9.17) is 11.6 Å². The molecule has 1 heterocycles. The molecule has 1 atom stereocenters. The van der Waals surface area contributed by atoms with Crippen LogP contribution >= 0.6 is 11.6 Å². The number of aromatic nitrogens is 1. The van der Waals surface area contributed by atoms with Crippen molar-refractivity contribution in [1.82, 2.24) is 4.98 Å². The highest BCUT2D eigenvalue weighted by Gasteiger charge is 2.41. The molecule has 0 unspecified atom stereocenters. The number of carbonyl (C=O) groups excluding carboxylic acids is 1. The number of amides is 1. The summed E-state index contributed by atoms with van der Waals surface area (Å²) in [5.41, 5.74) is 1.99. The van der Waals surface area contributed by atoms with Gasteiger partial charge in [0.2, 0.25) is 5.91 Å². The Hall–Kier alpha value is -2.43. The lowest BCUT2D eigenvalue weighted by Gasteiger charge is -2.40. The predicted octanol–water partition coefficient (Wildman–Crippen LogP) is 5.55. The first-order chi connectivity index (χ1) is 14.0. The number of hydrogen-bond donors (Lipinski definition) is 2. The summed E-state index contributed by atoms with van der Waals surface area (Å²) in [6, 6.07) is 17.3. The molecule has 4 rings (SSSR count). The molecule has 2 aromatic carbocycles. The molecule has 1 aliphatic rings. The molecular formula is C24H25ClN2O2. The summed E-state index contributed by atoms with van der Waals surface area (Å²) in [6.45, 7) is 1.81. The third-order valence-corrected chi connectivity index (χ3v) is 6.54. The number of aliphatic hydroxyl groups is 1. The van der Waals surface area contributed by atoms with Crippen LogP contribution in [0, 0.1) is 5.92 Å². The topological polar surface area (TPSA) is 62.2 Å². The molecular weight excluding hydrogens is 384 g/mol. The van der Waals surface area contributed by atoms with E-state index in [1.165, 1.54) is 10.9 Å². The number of benzene rings is 2. The van der Waals surface area contributed by atoms with Crippen molar-refractivity contribution in [2.45, 2.75) is 44.1 Å². The normalized spacial score (nSPS) is 22.9. The van der Waals surface area contributed by atoms with Gasteiger partial charge in [0.05, 0.1) is 17.0 Å². The fourth-order valence-corrected chi connectivity index (χ4v) is 4.49. The average molecular weight is 409 g/mol. The van der Waals surface area contributed by atoms with E-state index in [-0.39, 0.29) is 5.91 Å². The minimum Gasteiger partial charge on any atom is -0.389 e. The van der Waals surface area contributed by atoms with Gasteiger partial charge in [0.15, 0.2) is 0 Å². The molecule has 4 nitrogen and oxygen atoms in total. The van der Waals surface area contributed by atoms with Crippen LogP contribution in [-0.2, 0) is 4.79 Å². The van der Waals surface area contributed by atoms with E-state index in [0.29, 0.717) is 29.5 Å². The lowest BCUT2D eigenvalue weighted by Crippen LogP contribution is -2.45. The molecule has 3 aromatic rings. The number of anilines is 1. The van der Waals surface area contributed by atoms with E-state index >= 15 is 0 Å². The van der Waals surface area contributed by atoms with Gasteiger partial charge in [-0.3, -0.25) is 9.78 Å². The standard InChI is InChI=1S/C24H25ClN2O2/c1-16(23(28)27-19-8-6-18(25)7-9-19)24(29)13-10-17(11-14-24)20-12-15-26-22-5-3-2-4-21(20)22/h2-9,12,15-17,29H,10-11,13-14H2,1H3,(H,27,28)/t16-,17?,24?/m0/s1. The van der Waals surface area contributed by atoms with Crippen LogP contribution in [0.25, 0.3) is 10.9 Å². The molecule has 0 spiro atoms. The number of nitrogens with zero attached hydrogens (tertiary/aromatic N) is 1. The van der Waals surface area contributed by atoms with Gasteiger partial charge < -0.3 is 10.4 Å². The Morgan fingerprint density at radius 1 is 1.14 bits per heavy atom. The van der Waals surface area contributed by atoms with Crippen LogP contribution in [0.2, 0.25) is 5.02 Å². The van der Waals surface area contributed by atoms with Gasteiger partial charge in [-0.2, -0.15) is 0 Å². The quantitative estimate of drug-likeness (QED) is 0.594. The maximum absolute atomic E-state index is 12.7. The van der Waals surface area contributed by atoms with Gasteiger partial charge in [-0.1, -0.05) is 36.7 Å². The van der Waals surface area contributed by atoms with Crippen molar-refractivity contribution < 1.29 is 9.90 Å². The molecule has 0 radical (unpaired) electrons. The number of fused-ring (bicyclic) bond motifs is 1. The van der Waals surface area contributed by atoms with Crippen LogP contribution in [0.1, 0.15) is 44.1 Å². The summed E-state index contributed by atoms with van der Waals surface area (Å²) in [5, 5.41) is 15.9. The van der Waals surface area contributed by atoms with Gasteiger partial charge in [0.25, 0.3) is 0 Å². The number of hydrogen-bond acceptors (Lipinski definition) is 3. The average Bonchev–Trinajstić information content (AvgIpc) is 2.75. The molecule has 1 aromatic heterocycles. The van der Waals surface area contributed by atoms with Crippen LogP contribution in [0.5, 0.6) is 0 Å². The monoisotopic (exact) mass is 408 g/mol. The molecule has 0 aliphatic heterocycles. The largest absolute Gasteiger partial charge is 0.389 e. The molecule has 1 fully saturated rings. The van der Waals surface area contributed by atoms with Gasteiger partial charge in [-0.05, 0) is 73.6 Å². The van der Waals surface area contributed by atoms with Crippen LogP contribution in [0.3, 0.4) is 0 Å². The molecule has 1 saturated carbocycles. The minimum atomic E-state index is -0.990. The van der Waals surface area contributed by atoms with Crippen molar-refractivity contribution in [1.29, 1.82) is 0 Å². The van der Waals surface area contributed by atoms with Gasteiger partial charge in [0, 0.05) is 22.3 Å². The summed E-state index contributed by atoms with van der Waals surface area (Å²) in [7, 11) is 0. The second-order valence-electron chi connectivity index (χ2n) is 8.01. The highest BCUT2D eigenvalue weighted by molar-refractivity contribution is 6.30. The van der Waals surface area contributed by atoms with Crippen molar-refractivity contribution in [3.63, 3.8) is 0 Å². The van der Waals surface area contributed by atoms with Crippen molar-refractivity contribution in [2.75, 3.05) is 5.32 Å². The van der Waals surface area contributed by atoms with E-state index in [1.807, 2.05) is 31.3 Å². The fourth-order valence-electron chi connectivity index (χ4n) is 4.36. The zero-order chi connectivity index (χ0) is 20.4. The second-order valence-corrected chi connectivity index (χ2v) is 8.45. The lowest BCUT2D eigenvalue weighted by molar-refractivity contribution is -0.131. The zero-order valence-corrected chi connectivity index (χ0v) is 17.2. The summed E-state index contributed by atoms with van der Waals surface area (Å²) < 4.78 is 0. The first kappa shape index (κ1) is 19.9.